The molecule has 1 N–H and O–H groups in total. The summed E-state index contributed by atoms with van der Waals surface area (Å²) in [6.07, 6.45) is 1.69. The highest BCUT2D eigenvalue weighted by Crippen LogP contribution is 2.28. The molecule has 0 saturated carbocycles. The minimum Gasteiger partial charge on any atom is -0.485 e. The third-order valence-electron chi connectivity index (χ3n) is 4.31. The van der Waals surface area contributed by atoms with Gasteiger partial charge in [-0.05, 0) is 48.9 Å². The fourth-order valence-electron chi connectivity index (χ4n) is 2.87. The Balaban J connectivity index is 1.48. The van der Waals surface area contributed by atoms with E-state index in [9.17, 15) is 4.79 Å². The maximum absolute atomic E-state index is 12.6. The van der Waals surface area contributed by atoms with Gasteiger partial charge < -0.3 is 14.5 Å². The molecular formula is C22H17BrN2O3. The van der Waals surface area contributed by atoms with Crippen molar-refractivity contribution in [2.24, 2.45) is 0 Å². The van der Waals surface area contributed by atoms with E-state index in [-0.39, 0.29) is 18.3 Å². The molecule has 0 aliphatic rings. The quantitative estimate of drug-likeness (QED) is 0.433. The number of hydrogen-bond donors (Lipinski definition) is 1. The zero-order valence-corrected chi connectivity index (χ0v) is 16.7. The van der Waals surface area contributed by atoms with Gasteiger partial charge in [-0.25, -0.2) is 0 Å². The molecule has 0 spiro atoms. The van der Waals surface area contributed by atoms with Crippen LogP contribution in [-0.4, -0.2) is 10.9 Å². The van der Waals surface area contributed by atoms with Crippen LogP contribution in [0.2, 0.25) is 0 Å². The highest BCUT2D eigenvalue weighted by Gasteiger charge is 2.14. The SMILES string of the molecule is Cc1ccccc1OCc1ccc(C(=O)Nc2ccc(Br)c3cccnc23)o1. The van der Waals surface area contributed by atoms with Crippen molar-refractivity contribution in [1.29, 1.82) is 0 Å². The molecule has 0 fully saturated rings. The fraction of sp³-hybridized carbons (Fsp3) is 0.0909. The number of ether oxygens (including phenoxy) is 1. The molecule has 1 amide bonds. The molecule has 4 aromatic rings. The van der Waals surface area contributed by atoms with Crippen LogP contribution in [0.4, 0.5) is 5.69 Å². The molecule has 140 valence electrons. The fourth-order valence-corrected chi connectivity index (χ4v) is 3.32. The molecule has 0 aliphatic heterocycles. The van der Waals surface area contributed by atoms with Gasteiger partial charge in [0.15, 0.2) is 5.76 Å². The molecule has 6 heteroatoms. The van der Waals surface area contributed by atoms with Crippen molar-refractivity contribution in [3.05, 3.63) is 88.4 Å². The topological polar surface area (TPSA) is 64.4 Å². The van der Waals surface area contributed by atoms with Crippen molar-refractivity contribution in [3.8, 4) is 5.75 Å². The number of amides is 1. The molecule has 0 aliphatic carbocycles. The number of furan rings is 1. The molecule has 0 unspecified atom stereocenters. The first-order chi connectivity index (χ1) is 13.6. The maximum atomic E-state index is 12.6. The van der Waals surface area contributed by atoms with Crippen LogP contribution in [0, 0.1) is 6.92 Å². The van der Waals surface area contributed by atoms with Crippen molar-refractivity contribution < 1.29 is 13.9 Å². The summed E-state index contributed by atoms with van der Waals surface area (Å²) >= 11 is 3.50. The largest absolute Gasteiger partial charge is 0.485 e. The molecular weight excluding hydrogens is 420 g/mol. The van der Waals surface area contributed by atoms with Gasteiger partial charge >= 0.3 is 0 Å². The second-order valence-electron chi connectivity index (χ2n) is 6.27. The highest BCUT2D eigenvalue weighted by atomic mass is 79.9. The van der Waals surface area contributed by atoms with E-state index in [0.29, 0.717) is 17.0 Å². The molecule has 0 saturated heterocycles. The van der Waals surface area contributed by atoms with Crippen molar-refractivity contribution in [2.75, 3.05) is 5.32 Å². The van der Waals surface area contributed by atoms with Crippen molar-refractivity contribution in [2.45, 2.75) is 13.5 Å². The normalized spacial score (nSPS) is 10.8. The smallest absolute Gasteiger partial charge is 0.291 e. The number of nitrogens with zero attached hydrogens (tertiary/aromatic N) is 1. The van der Waals surface area contributed by atoms with E-state index < -0.39 is 0 Å². The van der Waals surface area contributed by atoms with Crippen LogP contribution >= 0.6 is 15.9 Å². The van der Waals surface area contributed by atoms with Crippen LogP contribution in [0.15, 0.2) is 75.8 Å². The number of pyridine rings is 1. The van der Waals surface area contributed by atoms with E-state index in [0.717, 1.165) is 21.2 Å². The van der Waals surface area contributed by atoms with Crippen LogP contribution in [0.3, 0.4) is 0 Å². The van der Waals surface area contributed by atoms with Crippen LogP contribution in [-0.2, 0) is 6.61 Å². The Bertz CT molecular complexity index is 1150. The number of aromatic nitrogens is 1. The van der Waals surface area contributed by atoms with E-state index in [1.807, 2.05) is 55.5 Å². The minimum absolute atomic E-state index is 0.218. The first kappa shape index (κ1) is 18.3. The van der Waals surface area contributed by atoms with Crippen LogP contribution in [0.25, 0.3) is 10.9 Å². The highest BCUT2D eigenvalue weighted by molar-refractivity contribution is 9.10. The summed E-state index contributed by atoms with van der Waals surface area (Å²) < 4.78 is 12.3. The average Bonchev–Trinajstić information content (AvgIpc) is 3.19. The second kappa shape index (κ2) is 7.86. The Morgan fingerprint density at radius 3 is 2.82 bits per heavy atom. The van der Waals surface area contributed by atoms with Gasteiger partial charge in [-0.1, -0.05) is 40.2 Å². The Morgan fingerprint density at radius 1 is 1.11 bits per heavy atom. The van der Waals surface area contributed by atoms with E-state index >= 15 is 0 Å². The van der Waals surface area contributed by atoms with Gasteiger partial charge in [0.1, 0.15) is 18.1 Å². The van der Waals surface area contributed by atoms with Gasteiger partial charge in [0.25, 0.3) is 5.91 Å². The Kier molecular flexibility index (Phi) is 5.12. The van der Waals surface area contributed by atoms with E-state index in [4.69, 9.17) is 9.15 Å². The lowest BCUT2D eigenvalue weighted by molar-refractivity contribution is 0.0992. The van der Waals surface area contributed by atoms with Gasteiger partial charge in [0.05, 0.1) is 11.2 Å². The molecule has 2 aromatic carbocycles. The predicted molar refractivity (Wildman–Crippen MR) is 112 cm³/mol. The Hall–Kier alpha value is -3.12. The van der Waals surface area contributed by atoms with Crippen LogP contribution < -0.4 is 10.1 Å². The number of para-hydroxylation sites is 1. The Morgan fingerprint density at radius 2 is 1.96 bits per heavy atom. The van der Waals surface area contributed by atoms with Gasteiger partial charge in [0, 0.05) is 16.1 Å². The molecule has 0 radical (unpaired) electrons. The van der Waals surface area contributed by atoms with Crippen LogP contribution in [0.5, 0.6) is 5.75 Å². The number of aryl methyl sites for hydroxylation is 1. The Labute approximate surface area is 170 Å². The van der Waals surface area contributed by atoms with Gasteiger partial charge in [0.2, 0.25) is 0 Å². The average molecular weight is 437 g/mol. The number of hydrogen-bond acceptors (Lipinski definition) is 4. The lowest BCUT2D eigenvalue weighted by Crippen LogP contribution is -2.11. The number of rotatable bonds is 5. The van der Waals surface area contributed by atoms with Gasteiger partial charge in [-0.15, -0.1) is 0 Å². The summed E-state index contributed by atoms with van der Waals surface area (Å²) in [5, 5.41) is 3.79. The monoisotopic (exact) mass is 436 g/mol. The molecule has 0 bridgehead atoms. The number of benzene rings is 2. The summed E-state index contributed by atoms with van der Waals surface area (Å²) in [5.41, 5.74) is 2.37. The molecule has 28 heavy (non-hydrogen) atoms. The number of fused-ring (bicyclic) bond motifs is 1. The number of anilines is 1. The number of nitrogens with one attached hydrogen (secondary N) is 1. The predicted octanol–water partition coefficient (Wildman–Crippen LogP) is 5.73. The summed E-state index contributed by atoms with van der Waals surface area (Å²) in [5.74, 6) is 1.25. The van der Waals surface area contributed by atoms with E-state index in [2.05, 4.69) is 26.2 Å². The zero-order valence-electron chi connectivity index (χ0n) is 15.1. The summed E-state index contributed by atoms with van der Waals surface area (Å²) in [6.45, 7) is 2.23. The molecule has 2 aromatic heterocycles. The standard InChI is InChI=1S/C22H17BrN2O3/c1-14-5-2-3-7-19(14)27-13-15-8-11-20(28-15)22(26)25-18-10-9-17(23)16-6-4-12-24-21(16)18/h2-12H,13H2,1H3,(H,25,26). The summed E-state index contributed by atoms with van der Waals surface area (Å²) in [4.78, 5) is 17.0. The first-order valence-electron chi connectivity index (χ1n) is 8.73. The number of carbonyl (C=O) groups is 1. The van der Waals surface area contributed by atoms with Crippen molar-refractivity contribution in [1.82, 2.24) is 4.98 Å². The minimum atomic E-state index is -0.337. The zero-order chi connectivity index (χ0) is 19.5. The first-order valence-corrected chi connectivity index (χ1v) is 9.53. The number of carbonyl (C=O) groups excluding carboxylic acids is 1. The van der Waals surface area contributed by atoms with E-state index in [1.54, 1.807) is 18.3 Å². The summed E-state index contributed by atoms with van der Waals surface area (Å²) in [6, 6.07) is 18.6. The summed E-state index contributed by atoms with van der Waals surface area (Å²) in [7, 11) is 0. The van der Waals surface area contributed by atoms with Crippen LogP contribution in [0.1, 0.15) is 21.9 Å². The molecule has 2 heterocycles. The second-order valence-corrected chi connectivity index (χ2v) is 7.12. The third kappa shape index (κ3) is 3.77. The number of halogens is 1. The maximum Gasteiger partial charge on any atom is 0.291 e. The van der Waals surface area contributed by atoms with Gasteiger partial charge in [-0.2, -0.15) is 0 Å². The van der Waals surface area contributed by atoms with Gasteiger partial charge in [-0.3, -0.25) is 9.78 Å². The van der Waals surface area contributed by atoms with E-state index in [1.165, 1.54) is 0 Å². The lowest BCUT2D eigenvalue weighted by Gasteiger charge is -2.08. The third-order valence-corrected chi connectivity index (χ3v) is 5.01. The van der Waals surface area contributed by atoms with Crippen molar-refractivity contribution in [3.63, 3.8) is 0 Å². The lowest BCUT2D eigenvalue weighted by atomic mass is 10.2. The van der Waals surface area contributed by atoms with Crippen molar-refractivity contribution >= 4 is 38.4 Å². The molecule has 0 atom stereocenters. The molecule has 4 rings (SSSR count). The molecule has 5 nitrogen and oxygen atoms in total.